The molecule has 0 unspecified atom stereocenters. The quantitative estimate of drug-likeness (QED) is 0.298. The molecule has 0 saturated carbocycles. The molecule has 0 aliphatic carbocycles. The summed E-state index contributed by atoms with van der Waals surface area (Å²) < 4.78 is 0. The Morgan fingerprint density at radius 3 is 2.41 bits per heavy atom. The number of nitrogens with one attached hydrogen (secondary N) is 1. The zero-order valence-corrected chi connectivity index (χ0v) is 19.1. The van der Waals surface area contributed by atoms with Gasteiger partial charge in [-0.25, -0.2) is 9.97 Å². The fourth-order valence-corrected chi connectivity index (χ4v) is 3.64. The fourth-order valence-electron chi connectivity index (χ4n) is 3.64. The van der Waals surface area contributed by atoms with Crippen LogP contribution in [0.4, 0.5) is 11.6 Å². The lowest BCUT2D eigenvalue weighted by atomic mass is 10.2. The van der Waals surface area contributed by atoms with Crippen LogP contribution in [0.5, 0.6) is 0 Å². The van der Waals surface area contributed by atoms with Crippen LogP contribution >= 0.6 is 24.0 Å². The number of hydrogen-bond donors (Lipinski definition) is 1. The first-order chi connectivity index (χ1) is 13.8. The number of hydrogen-bond acceptors (Lipinski definition) is 5. The number of benzene rings is 1. The molecule has 0 amide bonds. The van der Waals surface area contributed by atoms with E-state index in [-0.39, 0.29) is 24.0 Å². The van der Waals surface area contributed by atoms with E-state index in [2.05, 4.69) is 71.4 Å². The summed E-state index contributed by atoms with van der Waals surface area (Å²) in [5, 5.41) is 3.52. The lowest BCUT2D eigenvalue weighted by Crippen LogP contribution is -2.52. The maximum atomic E-state index is 4.49. The molecule has 1 N–H and O–H groups in total. The van der Waals surface area contributed by atoms with Crippen molar-refractivity contribution in [3.05, 3.63) is 60.4 Å². The van der Waals surface area contributed by atoms with Crippen LogP contribution in [0.2, 0.25) is 0 Å². The Morgan fingerprint density at radius 1 is 1.00 bits per heavy atom. The van der Waals surface area contributed by atoms with Gasteiger partial charge in [-0.15, -0.1) is 24.0 Å². The predicted molar refractivity (Wildman–Crippen MR) is 129 cm³/mol. The summed E-state index contributed by atoms with van der Waals surface area (Å²) in [6, 6.07) is 10.6. The van der Waals surface area contributed by atoms with E-state index in [1.807, 2.05) is 13.1 Å². The average molecular weight is 505 g/mol. The van der Waals surface area contributed by atoms with Crippen LogP contribution in [0.15, 0.2) is 59.9 Å². The summed E-state index contributed by atoms with van der Waals surface area (Å²) in [6.45, 7) is 6.34. The van der Waals surface area contributed by atoms with Crippen LogP contribution in [0.1, 0.15) is 5.56 Å². The molecular formula is C21H28IN7. The third kappa shape index (κ3) is 5.37. The highest BCUT2D eigenvalue weighted by atomic mass is 127. The second-order valence-corrected chi connectivity index (χ2v) is 6.97. The molecule has 2 aromatic rings. The van der Waals surface area contributed by atoms with E-state index in [0.29, 0.717) is 0 Å². The molecule has 154 valence electrons. The first-order valence-electron chi connectivity index (χ1n) is 9.80. The minimum Gasteiger partial charge on any atom is -0.364 e. The van der Waals surface area contributed by atoms with Gasteiger partial charge in [-0.2, -0.15) is 0 Å². The molecular weight excluding hydrogens is 477 g/mol. The summed E-state index contributed by atoms with van der Waals surface area (Å²) in [5.74, 6) is 1.75. The molecule has 0 bridgehead atoms. The van der Waals surface area contributed by atoms with E-state index in [9.17, 15) is 0 Å². The fraction of sp³-hybridized carbons (Fsp3) is 0.381. The zero-order valence-electron chi connectivity index (χ0n) is 16.7. The molecule has 29 heavy (non-hydrogen) atoms. The summed E-state index contributed by atoms with van der Waals surface area (Å²) in [4.78, 5) is 20.1. The lowest BCUT2D eigenvalue weighted by Gasteiger charge is -2.36. The smallest absolute Gasteiger partial charge is 0.225 e. The standard InChI is InChI=1S/C21H27N7.HI/c1-22-20(27-12-14-28(15-13-27)21-23-8-5-9-24-21)25-17-18-6-4-7-19(16-18)26-10-2-3-11-26;/h2-9,16H,10-15,17H2,1H3,(H,22,25);1H. The number of aliphatic imine (C=N–C) groups is 1. The molecule has 0 radical (unpaired) electrons. The Labute approximate surface area is 189 Å². The van der Waals surface area contributed by atoms with Crippen molar-refractivity contribution in [2.45, 2.75) is 6.54 Å². The molecule has 1 aromatic heterocycles. The van der Waals surface area contributed by atoms with E-state index in [1.54, 1.807) is 12.4 Å². The van der Waals surface area contributed by atoms with Crippen molar-refractivity contribution >= 4 is 41.6 Å². The van der Waals surface area contributed by atoms with Gasteiger partial charge in [-0.05, 0) is 23.8 Å². The Bertz CT molecular complexity index is 824. The van der Waals surface area contributed by atoms with Gasteiger partial charge in [0, 0.05) is 70.9 Å². The van der Waals surface area contributed by atoms with Crippen molar-refractivity contribution in [2.75, 3.05) is 56.1 Å². The molecule has 4 rings (SSSR count). The molecule has 3 heterocycles. The normalized spacial score (nSPS) is 16.7. The van der Waals surface area contributed by atoms with Gasteiger partial charge >= 0.3 is 0 Å². The Hall–Kier alpha value is -2.36. The number of nitrogens with zero attached hydrogens (tertiary/aromatic N) is 6. The van der Waals surface area contributed by atoms with Gasteiger partial charge in [-0.3, -0.25) is 4.99 Å². The second-order valence-electron chi connectivity index (χ2n) is 6.97. The van der Waals surface area contributed by atoms with E-state index >= 15 is 0 Å². The number of aromatic nitrogens is 2. The lowest BCUT2D eigenvalue weighted by molar-refractivity contribution is 0.370. The van der Waals surface area contributed by atoms with Crippen molar-refractivity contribution in [2.24, 2.45) is 4.99 Å². The van der Waals surface area contributed by atoms with E-state index in [1.165, 1.54) is 11.3 Å². The molecule has 2 aliphatic heterocycles. The van der Waals surface area contributed by atoms with Crippen molar-refractivity contribution in [1.82, 2.24) is 20.2 Å². The van der Waals surface area contributed by atoms with Gasteiger partial charge in [0.25, 0.3) is 0 Å². The average Bonchev–Trinajstić information content (AvgIpc) is 3.31. The van der Waals surface area contributed by atoms with Crippen molar-refractivity contribution < 1.29 is 0 Å². The maximum Gasteiger partial charge on any atom is 0.225 e. The summed E-state index contributed by atoms with van der Waals surface area (Å²) in [6.07, 6.45) is 8.02. The van der Waals surface area contributed by atoms with Crippen LogP contribution in [0.3, 0.4) is 0 Å². The number of rotatable bonds is 4. The first kappa shape index (κ1) is 21.4. The van der Waals surface area contributed by atoms with E-state index in [4.69, 9.17) is 0 Å². The Balaban J connectivity index is 0.00000240. The zero-order chi connectivity index (χ0) is 19.2. The van der Waals surface area contributed by atoms with E-state index < -0.39 is 0 Å². The highest BCUT2D eigenvalue weighted by molar-refractivity contribution is 14.0. The second kappa shape index (κ2) is 10.4. The molecule has 0 atom stereocenters. The number of guanidine groups is 1. The van der Waals surface area contributed by atoms with Gasteiger partial charge < -0.3 is 20.0 Å². The van der Waals surface area contributed by atoms with Gasteiger partial charge in [0.15, 0.2) is 5.96 Å². The molecule has 7 nitrogen and oxygen atoms in total. The Morgan fingerprint density at radius 2 is 1.72 bits per heavy atom. The highest BCUT2D eigenvalue weighted by Crippen LogP contribution is 2.18. The molecule has 1 saturated heterocycles. The minimum atomic E-state index is 0. The number of piperazine rings is 1. The van der Waals surface area contributed by atoms with Gasteiger partial charge in [0.1, 0.15) is 0 Å². The summed E-state index contributed by atoms with van der Waals surface area (Å²) in [5.41, 5.74) is 2.54. The molecule has 2 aliphatic rings. The SMILES string of the molecule is CN=C(NCc1cccc(N2CC=CC2)c1)N1CCN(c2ncccn2)CC1.I. The first-order valence-corrected chi connectivity index (χ1v) is 9.80. The topological polar surface area (TPSA) is 59.9 Å². The summed E-state index contributed by atoms with van der Waals surface area (Å²) in [7, 11) is 1.85. The highest BCUT2D eigenvalue weighted by Gasteiger charge is 2.21. The van der Waals surface area contributed by atoms with Crippen LogP contribution in [-0.4, -0.2) is 67.1 Å². The van der Waals surface area contributed by atoms with Crippen molar-refractivity contribution in [3.63, 3.8) is 0 Å². The Kier molecular flexibility index (Phi) is 7.68. The molecule has 8 heteroatoms. The van der Waals surface area contributed by atoms with E-state index in [0.717, 1.165) is 57.7 Å². The minimum absolute atomic E-state index is 0. The van der Waals surface area contributed by atoms with Crippen LogP contribution < -0.4 is 15.1 Å². The van der Waals surface area contributed by atoms with Gasteiger partial charge in [0.2, 0.25) is 5.95 Å². The van der Waals surface area contributed by atoms with Crippen LogP contribution in [-0.2, 0) is 6.54 Å². The predicted octanol–water partition coefficient (Wildman–Crippen LogP) is 2.37. The molecule has 0 spiro atoms. The van der Waals surface area contributed by atoms with Crippen molar-refractivity contribution in [3.8, 4) is 0 Å². The summed E-state index contributed by atoms with van der Waals surface area (Å²) >= 11 is 0. The monoisotopic (exact) mass is 505 g/mol. The maximum absolute atomic E-state index is 4.49. The van der Waals surface area contributed by atoms with Gasteiger partial charge in [0.05, 0.1) is 0 Å². The molecule has 1 aromatic carbocycles. The largest absolute Gasteiger partial charge is 0.364 e. The third-order valence-electron chi connectivity index (χ3n) is 5.17. The van der Waals surface area contributed by atoms with Crippen LogP contribution in [0.25, 0.3) is 0 Å². The number of halogens is 1. The molecule has 1 fully saturated rings. The van der Waals surface area contributed by atoms with Gasteiger partial charge in [-0.1, -0.05) is 24.3 Å². The number of anilines is 2. The van der Waals surface area contributed by atoms with Crippen molar-refractivity contribution in [1.29, 1.82) is 0 Å². The third-order valence-corrected chi connectivity index (χ3v) is 5.17. The van der Waals surface area contributed by atoms with Crippen LogP contribution in [0, 0.1) is 0 Å².